The van der Waals surface area contributed by atoms with Gasteiger partial charge in [-0.2, -0.15) is 0 Å². The maximum atomic E-state index is 6.42. The summed E-state index contributed by atoms with van der Waals surface area (Å²) in [6.07, 6.45) is 3.98. The maximum Gasteiger partial charge on any atom is 0.128 e. The highest BCUT2D eigenvalue weighted by Crippen LogP contribution is 2.37. The number of imidazole rings is 1. The zero-order valence-electron chi connectivity index (χ0n) is 12.7. The summed E-state index contributed by atoms with van der Waals surface area (Å²) in [4.78, 5) is 7.50. The molecule has 1 aliphatic carbocycles. The molecule has 2 unspecified atom stereocenters. The first-order valence-electron chi connectivity index (χ1n) is 8.00. The molecule has 1 aromatic heterocycles. The molecule has 21 heavy (non-hydrogen) atoms. The minimum Gasteiger partial charge on any atom is -0.322 e. The summed E-state index contributed by atoms with van der Waals surface area (Å²) < 4.78 is 2.42. The number of hydrogen-bond acceptors (Lipinski definition) is 2. The molecule has 4 rings (SSSR count). The first-order valence-corrected chi connectivity index (χ1v) is 8.44. The Kier molecular flexibility index (Phi) is 3.23. The second-order valence-electron chi connectivity index (χ2n) is 6.57. The molecule has 3 nitrogen and oxygen atoms in total. The van der Waals surface area contributed by atoms with Crippen LogP contribution in [0.4, 0.5) is 0 Å². The van der Waals surface area contributed by atoms with Gasteiger partial charge in [-0.1, -0.05) is 12.1 Å². The van der Waals surface area contributed by atoms with Gasteiger partial charge in [0.15, 0.2) is 0 Å². The van der Waals surface area contributed by atoms with Crippen LogP contribution in [0.15, 0.2) is 18.2 Å². The third-order valence-electron chi connectivity index (χ3n) is 4.93. The summed E-state index contributed by atoms with van der Waals surface area (Å²) in [5, 5.41) is -0.0493. The van der Waals surface area contributed by atoms with Crippen LogP contribution in [-0.2, 0) is 0 Å². The van der Waals surface area contributed by atoms with E-state index in [1.807, 2.05) is 6.92 Å². The second kappa shape index (κ2) is 4.99. The van der Waals surface area contributed by atoms with Crippen LogP contribution in [0.25, 0.3) is 11.0 Å². The van der Waals surface area contributed by atoms with E-state index in [2.05, 4.69) is 34.6 Å². The summed E-state index contributed by atoms with van der Waals surface area (Å²) in [5.41, 5.74) is 3.60. The van der Waals surface area contributed by atoms with Crippen molar-refractivity contribution in [2.24, 2.45) is 0 Å². The lowest BCUT2D eigenvalue weighted by atomic mass is 10.2. The fourth-order valence-electron chi connectivity index (χ4n) is 3.69. The van der Waals surface area contributed by atoms with E-state index in [-0.39, 0.29) is 5.38 Å². The number of para-hydroxylation sites is 1. The van der Waals surface area contributed by atoms with E-state index in [4.69, 9.17) is 16.6 Å². The predicted octanol–water partition coefficient (Wildman–Crippen LogP) is 4.05. The highest BCUT2D eigenvalue weighted by Gasteiger charge is 2.36. The normalized spacial score (nSPS) is 24.8. The van der Waals surface area contributed by atoms with Crippen molar-refractivity contribution in [2.45, 2.75) is 50.6 Å². The van der Waals surface area contributed by atoms with Crippen LogP contribution in [-0.4, -0.2) is 33.6 Å². The molecule has 2 heterocycles. The van der Waals surface area contributed by atoms with Gasteiger partial charge in [-0.25, -0.2) is 4.98 Å². The molecule has 0 N–H and O–H groups in total. The zero-order chi connectivity index (χ0) is 14.6. The average molecular weight is 304 g/mol. The van der Waals surface area contributed by atoms with Crippen molar-refractivity contribution in [3.63, 3.8) is 0 Å². The monoisotopic (exact) mass is 303 g/mol. The molecule has 2 fully saturated rings. The smallest absolute Gasteiger partial charge is 0.128 e. The van der Waals surface area contributed by atoms with Gasteiger partial charge in [-0.05, 0) is 44.7 Å². The van der Waals surface area contributed by atoms with Crippen LogP contribution < -0.4 is 0 Å². The molecule has 2 aromatic rings. The maximum absolute atomic E-state index is 6.42. The number of rotatable bonds is 3. The van der Waals surface area contributed by atoms with Crippen molar-refractivity contribution in [3.05, 3.63) is 29.6 Å². The number of aryl methyl sites for hydroxylation is 1. The van der Waals surface area contributed by atoms with Gasteiger partial charge in [0.05, 0.1) is 16.4 Å². The molecule has 2 aliphatic rings. The summed E-state index contributed by atoms with van der Waals surface area (Å²) >= 11 is 6.42. The van der Waals surface area contributed by atoms with Gasteiger partial charge in [0.25, 0.3) is 0 Å². The van der Waals surface area contributed by atoms with Gasteiger partial charge >= 0.3 is 0 Å². The van der Waals surface area contributed by atoms with Crippen LogP contribution in [0.5, 0.6) is 0 Å². The van der Waals surface area contributed by atoms with E-state index in [1.54, 1.807) is 0 Å². The lowest BCUT2D eigenvalue weighted by Gasteiger charge is -2.19. The molecule has 1 saturated carbocycles. The van der Waals surface area contributed by atoms with Crippen molar-refractivity contribution in [2.75, 3.05) is 13.1 Å². The van der Waals surface area contributed by atoms with Crippen LogP contribution in [0.1, 0.15) is 49.0 Å². The Balaban J connectivity index is 1.79. The van der Waals surface area contributed by atoms with Crippen molar-refractivity contribution >= 4 is 22.6 Å². The number of aromatic nitrogens is 2. The van der Waals surface area contributed by atoms with Crippen molar-refractivity contribution in [1.29, 1.82) is 0 Å². The van der Waals surface area contributed by atoms with E-state index in [1.165, 1.54) is 36.9 Å². The topological polar surface area (TPSA) is 21.1 Å². The molecule has 0 spiro atoms. The predicted molar refractivity (Wildman–Crippen MR) is 87.0 cm³/mol. The number of likely N-dealkylation sites (tertiary alicyclic amines) is 1. The number of benzene rings is 1. The third-order valence-corrected chi connectivity index (χ3v) is 5.12. The number of fused-ring (bicyclic) bond motifs is 1. The summed E-state index contributed by atoms with van der Waals surface area (Å²) in [6, 6.07) is 7.83. The number of nitrogens with zero attached hydrogens (tertiary/aromatic N) is 3. The molecule has 4 heteroatoms. The quantitative estimate of drug-likeness (QED) is 0.798. The van der Waals surface area contributed by atoms with Gasteiger partial charge in [0.1, 0.15) is 5.82 Å². The van der Waals surface area contributed by atoms with Crippen LogP contribution in [0, 0.1) is 6.92 Å². The minimum atomic E-state index is -0.0493. The van der Waals surface area contributed by atoms with Crippen molar-refractivity contribution in [1.82, 2.24) is 14.5 Å². The average Bonchev–Trinajstić information content (AvgIpc) is 3.05. The molecule has 2 atom stereocenters. The van der Waals surface area contributed by atoms with Gasteiger partial charge in [0.2, 0.25) is 0 Å². The first kappa shape index (κ1) is 13.6. The van der Waals surface area contributed by atoms with E-state index in [0.29, 0.717) is 6.04 Å². The Bertz CT molecular complexity index is 672. The third kappa shape index (κ3) is 2.27. The Morgan fingerprint density at radius 3 is 2.76 bits per heavy atom. The fraction of sp³-hybridized carbons (Fsp3) is 0.588. The van der Waals surface area contributed by atoms with E-state index >= 15 is 0 Å². The molecule has 112 valence electrons. The van der Waals surface area contributed by atoms with E-state index in [9.17, 15) is 0 Å². The highest BCUT2D eigenvalue weighted by molar-refractivity contribution is 6.20. The highest BCUT2D eigenvalue weighted by atomic mass is 35.5. The van der Waals surface area contributed by atoms with Crippen molar-refractivity contribution < 1.29 is 0 Å². The van der Waals surface area contributed by atoms with Crippen LogP contribution >= 0.6 is 11.6 Å². The molecular weight excluding hydrogens is 282 g/mol. The molecule has 1 aliphatic heterocycles. The van der Waals surface area contributed by atoms with E-state index in [0.717, 1.165) is 23.9 Å². The number of hydrogen-bond donors (Lipinski definition) is 0. The van der Waals surface area contributed by atoms with E-state index < -0.39 is 0 Å². The lowest BCUT2D eigenvalue weighted by Crippen LogP contribution is -2.24. The first-order chi connectivity index (χ1) is 10.1. The molecule has 0 radical (unpaired) electrons. The Hall–Kier alpha value is -1.06. The number of alkyl halides is 1. The largest absolute Gasteiger partial charge is 0.322 e. The zero-order valence-corrected chi connectivity index (χ0v) is 13.5. The Morgan fingerprint density at radius 1 is 1.24 bits per heavy atom. The Morgan fingerprint density at radius 2 is 2.05 bits per heavy atom. The standard InChI is InChI=1S/C17H22ClN3/c1-11-4-3-5-15-16(11)19-17(12(2)18)21(15)14-8-9-20(10-14)13-6-7-13/h3-5,12-14H,6-10H2,1-2H3. The fourth-order valence-corrected chi connectivity index (χ4v) is 3.84. The molecular formula is C17H22ClN3. The summed E-state index contributed by atoms with van der Waals surface area (Å²) in [7, 11) is 0. The molecule has 1 aromatic carbocycles. The van der Waals surface area contributed by atoms with Gasteiger partial charge < -0.3 is 4.57 Å². The van der Waals surface area contributed by atoms with Gasteiger partial charge in [-0.15, -0.1) is 11.6 Å². The van der Waals surface area contributed by atoms with Crippen LogP contribution in [0.2, 0.25) is 0 Å². The molecule has 0 bridgehead atoms. The van der Waals surface area contributed by atoms with Gasteiger partial charge in [0, 0.05) is 25.2 Å². The minimum absolute atomic E-state index is 0.0493. The lowest BCUT2D eigenvalue weighted by molar-refractivity contribution is 0.313. The molecule has 0 amide bonds. The SMILES string of the molecule is Cc1cccc2c1nc(C(C)Cl)n2C1CCN(C2CC2)C1. The summed E-state index contributed by atoms with van der Waals surface area (Å²) in [6.45, 7) is 6.54. The molecule has 1 saturated heterocycles. The Labute approximate surface area is 130 Å². The van der Waals surface area contributed by atoms with Crippen molar-refractivity contribution in [3.8, 4) is 0 Å². The van der Waals surface area contributed by atoms with Gasteiger partial charge in [-0.3, -0.25) is 4.90 Å². The summed E-state index contributed by atoms with van der Waals surface area (Å²) in [5.74, 6) is 1.03. The van der Waals surface area contributed by atoms with Crippen LogP contribution in [0.3, 0.4) is 0 Å². The number of halogens is 1. The second-order valence-corrected chi connectivity index (χ2v) is 7.22.